The van der Waals surface area contributed by atoms with Crippen LogP contribution in [-0.2, 0) is 21.7 Å². The van der Waals surface area contributed by atoms with Crippen LogP contribution in [0.2, 0.25) is 0 Å². The number of benzene rings is 2. The number of ether oxygens (including phenoxy) is 1. The molecule has 1 aromatic heterocycles. The van der Waals surface area contributed by atoms with Gasteiger partial charge < -0.3 is 15.2 Å². The molecule has 1 amide bonds. The molecule has 1 unspecified atom stereocenters. The van der Waals surface area contributed by atoms with Crippen LogP contribution in [0.3, 0.4) is 0 Å². The van der Waals surface area contributed by atoms with E-state index in [0.29, 0.717) is 11.4 Å². The van der Waals surface area contributed by atoms with Crippen molar-refractivity contribution in [1.82, 2.24) is 20.6 Å². The molecule has 3 aromatic rings. The van der Waals surface area contributed by atoms with Crippen LogP contribution in [-0.4, -0.2) is 32.2 Å². The molecular weight excluding hydrogens is 464 g/mol. The fraction of sp³-hybridized carbons (Fsp3) is 0.269. The van der Waals surface area contributed by atoms with E-state index in [4.69, 9.17) is 17.0 Å². The SMILES string of the molecule is CC(C)(C)CC(NC(=S)NC(=O)OCc1ccccc1)(C(=O)O)c1ccc(-c2ncccn2)cc1. The standard InChI is InChI=1S/C26H28N4O4S/c1-25(2,3)17-26(22(31)32,20-12-10-19(11-13-20)21-27-14-7-15-28-21)30-23(35)29-24(33)34-16-18-8-5-4-6-9-18/h4-15H,16-17H2,1-3H3,(H,31,32)(H2,29,30,33,35). The van der Waals surface area contributed by atoms with Crippen LogP contribution in [0.5, 0.6) is 0 Å². The predicted molar refractivity (Wildman–Crippen MR) is 136 cm³/mol. The van der Waals surface area contributed by atoms with Crippen molar-refractivity contribution in [3.8, 4) is 11.4 Å². The number of carbonyl (C=O) groups excluding carboxylic acids is 1. The number of alkyl carbamates (subject to hydrolysis) is 1. The molecule has 1 heterocycles. The van der Waals surface area contributed by atoms with E-state index >= 15 is 0 Å². The molecule has 8 nitrogen and oxygen atoms in total. The maximum atomic E-state index is 12.7. The summed E-state index contributed by atoms with van der Waals surface area (Å²) in [5.74, 6) is -0.597. The molecule has 35 heavy (non-hydrogen) atoms. The van der Waals surface area contributed by atoms with Crippen LogP contribution in [0.1, 0.15) is 38.3 Å². The highest BCUT2D eigenvalue weighted by Crippen LogP contribution is 2.36. The van der Waals surface area contributed by atoms with Crippen molar-refractivity contribution >= 4 is 29.4 Å². The number of nitrogens with one attached hydrogen (secondary N) is 2. The minimum absolute atomic E-state index is 0.0599. The molecule has 3 rings (SSSR count). The third kappa shape index (κ3) is 7.07. The molecule has 0 fully saturated rings. The topological polar surface area (TPSA) is 113 Å². The number of carbonyl (C=O) groups is 2. The van der Waals surface area contributed by atoms with Gasteiger partial charge >= 0.3 is 12.1 Å². The van der Waals surface area contributed by atoms with Crippen molar-refractivity contribution in [3.05, 3.63) is 84.2 Å². The van der Waals surface area contributed by atoms with Gasteiger partial charge in [-0.25, -0.2) is 19.6 Å². The summed E-state index contributed by atoms with van der Waals surface area (Å²) in [6, 6.07) is 17.8. The minimum Gasteiger partial charge on any atom is -0.479 e. The first-order chi connectivity index (χ1) is 16.6. The van der Waals surface area contributed by atoms with Crippen LogP contribution in [0.15, 0.2) is 73.1 Å². The van der Waals surface area contributed by atoms with E-state index in [1.54, 1.807) is 42.7 Å². The normalized spacial score (nSPS) is 12.8. The average molecular weight is 493 g/mol. The Morgan fingerprint density at radius 1 is 0.971 bits per heavy atom. The smallest absolute Gasteiger partial charge is 0.413 e. The molecule has 3 N–H and O–H groups in total. The molecule has 0 radical (unpaired) electrons. The number of aromatic nitrogens is 2. The minimum atomic E-state index is -1.60. The van der Waals surface area contributed by atoms with Gasteiger partial charge in [-0.2, -0.15) is 0 Å². The molecule has 0 bridgehead atoms. The maximum absolute atomic E-state index is 12.7. The van der Waals surface area contributed by atoms with Crippen molar-refractivity contribution in [3.63, 3.8) is 0 Å². The largest absolute Gasteiger partial charge is 0.479 e. The summed E-state index contributed by atoms with van der Waals surface area (Å²) in [5.41, 5.74) is 0.0429. The molecule has 182 valence electrons. The Morgan fingerprint density at radius 3 is 2.17 bits per heavy atom. The van der Waals surface area contributed by atoms with Gasteiger partial charge in [-0.1, -0.05) is 75.4 Å². The quantitative estimate of drug-likeness (QED) is 0.408. The number of rotatable bonds is 7. The number of aliphatic carboxylic acids is 1. The molecule has 2 aromatic carbocycles. The zero-order valence-electron chi connectivity index (χ0n) is 19.8. The van der Waals surface area contributed by atoms with E-state index in [2.05, 4.69) is 20.6 Å². The molecule has 0 aliphatic rings. The van der Waals surface area contributed by atoms with Crippen LogP contribution in [0.4, 0.5) is 4.79 Å². The Bertz CT molecular complexity index is 1170. The van der Waals surface area contributed by atoms with Gasteiger partial charge in [0.1, 0.15) is 6.61 Å². The van der Waals surface area contributed by atoms with Gasteiger partial charge in [0.15, 0.2) is 16.5 Å². The number of hydrogen-bond acceptors (Lipinski definition) is 6. The van der Waals surface area contributed by atoms with Crippen molar-refractivity contribution in [2.45, 2.75) is 39.3 Å². The van der Waals surface area contributed by atoms with Gasteiger partial charge in [0.05, 0.1) is 0 Å². The van der Waals surface area contributed by atoms with Crippen LogP contribution in [0.25, 0.3) is 11.4 Å². The van der Waals surface area contributed by atoms with Crippen molar-refractivity contribution in [2.75, 3.05) is 0 Å². The highest BCUT2D eigenvalue weighted by Gasteiger charge is 2.44. The monoisotopic (exact) mass is 492 g/mol. The van der Waals surface area contributed by atoms with Crippen LogP contribution >= 0.6 is 12.2 Å². The second-order valence-electron chi connectivity index (χ2n) is 9.24. The van der Waals surface area contributed by atoms with E-state index in [1.165, 1.54) is 0 Å². The van der Waals surface area contributed by atoms with E-state index in [9.17, 15) is 14.7 Å². The summed E-state index contributed by atoms with van der Waals surface area (Å²) < 4.78 is 5.21. The van der Waals surface area contributed by atoms with E-state index in [1.807, 2.05) is 51.1 Å². The molecule has 9 heteroatoms. The molecule has 0 saturated heterocycles. The molecule has 1 atom stereocenters. The number of hydrogen-bond donors (Lipinski definition) is 3. The lowest BCUT2D eigenvalue weighted by molar-refractivity contribution is -0.146. The number of carboxylic acids is 1. The third-order valence-electron chi connectivity index (χ3n) is 5.12. The van der Waals surface area contributed by atoms with Gasteiger partial charge in [-0.3, -0.25) is 5.32 Å². The van der Waals surface area contributed by atoms with Gasteiger partial charge in [0.25, 0.3) is 0 Å². The van der Waals surface area contributed by atoms with Crippen molar-refractivity contribution < 1.29 is 19.4 Å². The van der Waals surface area contributed by atoms with Crippen LogP contribution < -0.4 is 10.6 Å². The number of nitrogens with zero attached hydrogens (tertiary/aromatic N) is 2. The van der Waals surface area contributed by atoms with Crippen molar-refractivity contribution in [2.24, 2.45) is 5.41 Å². The molecule has 0 saturated carbocycles. The number of carboxylic acid groups (broad SMARTS) is 1. The third-order valence-corrected chi connectivity index (χ3v) is 5.32. The Labute approximate surface area is 209 Å². The van der Waals surface area contributed by atoms with Crippen LogP contribution in [0, 0.1) is 5.41 Å². The highest BCUT2D eigenvalue weighted by atomic mass is 32.1. The van der Waals surface area contributed by atoms with Gasteiger partial charge in [0.2, 0.25) is 0 Å². The summed E-state index contributed by atoms with van der Waals surface area (Å²) in [6.45, 7) is 5.86. The zero-order chi connectivity index (χ0) is 25.5. The predicted octanol–water partition coefficient (Wildman–Crippen LogP) is 4.66. The van der Waals surface area contributed by atoms with Gasteiger partial charge in [0, 0.05) is 18.0 Å². The first-order valence-corrected chi connectivity index (χ1v) is 11.4. The van der Waals surface area contributed by atoms with E-state index in [-0.39, 0.29) is 18.1 Å². The lowest BCUT2D eigenvalue weighted by atomic mass is 9.75. The summed E-state index contributed by atoms with van der Waals surface area (Å²) in [7, 11) is 0. The summed E-state index contributed by atoms with van der Waals surface area (Å²) in [5, 5.41) is 15.5. The molecule has 0 spiro atoms. The first-order valence-electron chi connectivity index (χ1n) is 11.0. The zero-order valence-corrected chi connectivity index (χ0v) is 20.6. The molecule has 0 aliphatic carbocycles. The average Bonchev–Trinajstić information content (AvgIpc) is 2.82. The lowest BCUT2D eigenvalue weighted by Gasteiger charge is -2.37. The van der Waals surface area contributed by atoms with Gasteiger partial charge in [-0.05, 0) is 41.2 Å². The Hall–Kier alpha value is -3.85. The molecular formula is C26H28N4O4S. The van der Waals surface area contributed by atoms with Crippen molar-refractivity contribution in [1.29, 1.82) is 0 Å². The fourth-order valence-electron chi connectivity index (χ4n) is 3.70. The maximum Gasteiger partial charge on any atom is 0.413 e. The molecule has 0 aliphatic heterocycles. The Morgan fingerprint density at radius 2 is 1.60 bits per heavy atom. The second kappa shape index (κ2) is 11.1. The lowest BCUT2D eigenvalue weighted by Crippen LogP contribution is -2.57. The second-order valence-corrected chi connectivity index (χ2v) is 9.65. The number of amides is 1. The highest BCUT2D eigenvalue weighted by molar-refractivity contribution is 7.80. The van der Waals surface area contributed by atoms with E-state index in [0.717, 1.165) is 11.1 Å². The Balaban J connectivity index is 1.81. The Kier molecular flexibility index (Phi) is 8.14. The summed E-state index contributed by atoms with van der Waals surface area (Å²) in [6.07, 6.45) is 2.69. The summed E-state index contributed by atoms with van der Waals surface area (Å²) in [4.78, 5) is 33.4. The fourth-order valence-corrected chi connectivity index (χ4v) is 3.95. The van der Waals surface area contributed by atoms with E-state index < -0.39 is 23.0 Å². The number of thiocarbonyl (C=S) groups is 1. The van der Waals surface area contributed by atoms with Gasteiger partial charge in [-0.15, -0.1) is 0 Å². The summed E-state index contributed by atoms with van der Waals surface area (Å²) >= 11 is 5.31. The first kappa shape index (κ1) is 25.8.